The third-order valence-electron chi connectivity index (χ3n) is 3.74. The van der Waals surface area contributed by atoms with E-state index < -0.39 is 11.4 Å². The Hall–Kier alpha value is -2.05. The van der Waals surface area contributed by atoms with Crippen molar-refractivity contribution in [2.45, 2.75) is 32.7 Å². The highest BCUT2D eigenvalue weighted by atomic mass is 16.4. The Balaban J connectivity index is 1.67. The molecule has 0 atom stereocenters. The third kappa shape index (κ3) is 3.28. The normalized spacial score (nSPS) is 16.2. The standard InChI is InChI=1S/C13H20N4O3/c1-10-7-16-17(8-10)6-5-14-12(20)15-9-13(11(18)19)3-2-4-13/h7-8H,2-6,9H2,1H3,(H,18,19)(H2,14,15,20). The minimum Gasteiger partial charge on any atom is -0.481 e. The van der Waals surface area contributed by atoms with Crippen LogP contribution in [0.1, 0.15) is 24.8 Å². The predicted molar refractivity (Wildman–Crippen MR) is 72.3 cm³/mol. The molecular weight excluding hydrogens is 260 g/mol. The first-order valence-electron chi connectivity index (χ1n) is 6.76. The molecule has 1 saturated carbocycles. The molecule has 2 rings (SSSR count). The maximum absolute atomic E-state index is 11.6. The van der Waals surface area contributed by atoms with Crippen molar-refractivity contribution in [2.75, 3.05) is 13.1 Å². The van der Waals surface area contributed by atoms with Crippen molar-refractivity contribution in [1.82, 2.24) is 20.4 Å². The molecule has 0 saturated heterocycles. The van der Waals surface area contributed by atoms with Gasteiger partial charge < -0.3 is 15.7 Å². The molecule has 0 bridgehead atoms. The van der Waals surface area contributed by atoms with Gasteiger partial charge in [0.05, 0.1) is 18.2 Å². The van der Waals surface area contributed by atoms with E-state index in [0.29, 0.717) is 25.9 Å². The van der Waals surface area contributed by atoms with E-state index in [0.717, 1.165) is 12.0 Å². The van der Waals surface area contributed by atoms with Crippen LogP contribution < -0.4 is 10.6 Å². The maximum Gasteiger partial charge on any atom is 0.314 e. The number of hydrogen-bond donors (Lipinski definition) is 3. The highest BCUT2D eigenvalue weighted by Gasteiger charge is 2.44. The lowest BCUT2D eigenvalue weighted by atomic mass is 9.69. The lowest BCUT2D eigenvalue weighted by molar-refractivity contribution is -0.153. The van der Waals surface area contributed by atoms with Gasteiger partial charge in [-0.1, -0.05) is 6.42 Å². The minimum absolute atomic E-state index is 0.190. The number of rotatable bonds is 6. The van der Waals surface area contributed by atoms with E-state index in [-0.39, 0.29) is 12.6 Å². The van der Waals surface area contributed by atoms with Crippen molar-refractivity contribution in [1.29, 1.82) is 0 Å². The van der Waals surface area contributed by atoms with Gasteiger partial charge in [-0.15, -0.1) is 0 Å². The Labute approximate surface area is 117 Å². The fourth-order valence-electron chi connectivity index (χ4n) is 2.26. The SMILES string of the molecule is Cc1cnn(CCNC(=O)NCC2(C(=O)O)CCC2)c1. The summed E-state index contributed by atoms with van der Waals surface area (Å²) in [7, 11) is 0. The molecule has 110 valence electrons. The van der Waals surface area contributed by atoms with Gasteiger partial charge in [-0.25, -0.2) is 4.79 Å². The summed E-state index contributed by atoms with van der Waals surface area (Å²) < 4.78 is 1.75. The summed E-state index contributed by atoms with van der Waals surface area (Å²) in [4.78, 5) is 22.7. The first-order chi connectivity index (χ1) is 9.52. The molecular formula is C13H20N4O3. The summed E-state index contributed by atoms with van der Waals surface area (Å²) >= 11 is 0. The molecule has 2 amide bonds. The summed E-state index contributed by atoms with van der Waals surface area (Å²) in [5, 5.41) is 18.6. The Morgan fingerprint density at radius 3 is 2.70 bits per heavy atom. The number of nitrogens with zero attached hydrogens (tertiary/aromatic N) is 2. The quantitative estimate of drug-likeness (QED) is 0.716. The summed E-state index contributed by atoms with van der Waals surface area (Å²) in [5.41, 5.74) is 0.319. The number of aliphatic carboxylic acids is 1. The van der Waals surface area contributed by atoms with Gasteiger partial charge in [0.15, 0.2) is 0 Å². The average molecular weight is 280 g/mol. The number of aryl methyl sites for hydroxylation is 1. The molecule has 0 radical (unpaired) electrons. The van der Waals surface area contributed by atoms with Crippen LogP contribution in [-0.4, -0.2) is 40.0 Å². The van der Waals surface area contributed by atoms with Gasteiger partial charge in [-0.05, 0) is 25.3 Å². The second-order valence-electron chi connectivity index (χ2n) is 5.33. The van der Waals surface area contributed by atoms with Crippen LogP contribution in [-0.2, 0) is 11.3 Å². The molecule has 0 aliphatic heterocycles. The Bertz CT molecular complexity index is 494. The maximum atomic E-state index is 11.6. The average Bonchev–Trinajstić information content (AvgIpc) is 2.73. The van der Waals surface area contributed by atoms with E-state index >= 15 is 0 Å². The van der Waals surface area contributed by atoms with E-state index in [9.17, 15) is 9.59 Å². The van der Waals surface area contributed by atoms with Gasteiger partial charge >= 0.3 is 12.0 Å². The van der Waals surface area contributed by atoms with Gasteiger partial charge in [0.1, 0.15) is 0 Å². The molecule has 20 heavy (non-hydrogen) atoms. The van der Waals surface area contributed by atoms with E-state index in [2.05, 4.69) is 15.7 Å². The molecule has 1 aliphatic carbocycles. The molecule has 1 aromatic rings. The number of carboxylic acid groups (broad SMARTS) is 1. The van der Waals surface area contributed by atoms with Gasteiger partial charge in [0.2, 0.25) is 0 Å². The topological polar surface area (TPSA) is 96.3 Å². The molecule has 0 unspecified atom stereocenters. The zero-order chi connectivity index (χ0) is 14.6. The zero-order valence-electron chi connectivity index (χ0n) is 11.6. The summed E-state index contributed by atoms with van der Waals surface area (Å²) in [6.07, 6.45) is 5.83. The zero-order valence-corrected chi connectivity index (χ0v) is 11.6. The summed E-state index contributed by atoms with van der Waals surface area (Å²) in [5.74, 6) is -0.823. The molecule has 7 nitrogen and oxygen atoms in total. The number of carboxylic acids is 1. The number of aromatic nitrogens is 2. The molecule has 7 heteroatoms. The van der Waals surface area contributed by atoms with Crippen molar-refractivity contribution in [3.8, 4) is 0 Å². The molecule has 0 aromatic carbocycles. The van der Waals surface area contributed by atoms with Crippen molar-refractivity contribution in [2.24, 2.45) is 5.41 Å². The molecule has 1 aliphatic rings. The Morgan fingerprint density at radius 1 is 1.45 bits per heavy atom. The van der Waals surface area contributed by atoms with Gasteiger partial charge in [0.25, 0.3) is 0 Å². The lowest BCUT2D eigenvalue weighted by Gasteiger charge is -2.37. The fraction of sp³-hybridized carbons (Fsp3) is 0.615. The Kier molecular flexibility index (Phi) is 4.26. The number of carbonyl (C=O) groups is 2. The van der Waals surface area contributed by atoms with E-state index in [4.69, 9.17) is 5.11 Å². The van der Waals surface area contributed by atoms with E-state index in [1.165, 1.54) is 0 Å². The van der Waals surface area contributed by atoms with E-state index in [1.54, 1.807) is 10.9 Å². The second-order valence-corrected chi connectivity index (χ2v) is 5.33. The van der Waals surface area contributed by atoms with Crippen LogP contribution in [0.3, 0.4) is 0 Å². The van der Waals surface area contributed by atoms with Crippen molar-refractivity contribution in [3.05, 3.63) is 18.0 Å². The highest BCUT2D eigenvalue weighted by Crippen LogP contribution is 2.40. The number of nitrogens with one attached hydrogen (secondary N) is 2. The molecule has 1 fully saturated rings. The van der Waals surface area contributed by atoms with Crippen molar-refractivity contribution >= 4 is 12.0 Å². The van der Waals surface area contributed by atoms with Crippen LogP contribution in [0, 0.1) is 12.3 Å². The van der Waals surface area contributed by atoms with Crippen molar-refractivity contribution in [3.63, 3.8) is 0 Å². The summed E-state index contributed by atoms with van der Waals surface area (Å²) in [6, 6.07) is -0.332. The van der Waals surface area contributed by atoms with Crippen LogP contribution in [0.5, 0.6) is 0 Å². The van der Waals surface area contributed by atoms with E-state index in [1.807, 2.05) is 13.1 Å². The number of amides is 2. The van der Waals surface area contributed by atoms with Crippen molar-refractivity contribution < 1.29 is 14.7 Å². The van der Waals surface area contributed by atoms with Crippen LogP contribution >= 0.6 is 0 Å². The molecule has 0 spiro atoms. The number of hydrogen-bond acceptors (Lipinski definition) is 3. The fourth-order valence-corrected chi connectivity index (χ4v) is 2.26. The first kappa shape index (κ1) is 14.4. The second kappa shape index (κ2) is 5.94. The molecule has 3 N–H and O–H groups in total. The first-order valence-corrected chi connectivity index (χ1v) is 6.76. The van der Waals surface area contributed by atoms with Crippen LogP contribution in [0.4, 0.5) is 4.79 Å². The Morgan fingerprint density at radius 2 is 2.20 bits per heavy atom. The minimum atomic E-state index is -0.823. The molecule has 1 aromatic heterocycles. The highest BCUT2D eigenvalue weighted by molar-refractivity contribution is 5.78. The smallest absolute Gasteiger partial charge is 0.314 e. The monoisotopic (exact) mass is 280 g/mol. The van der Waals surface area contributed by atoms with Gasteiger partial charge in [-0.3, -0.25) is 9.48 Å². The van der Waals surface area contributed by atoms with Crippen LogP contribution in [0.2, 0.25) is 0 Å². The summed E-state index contributed by atoms with van der Waals surface area (Å²) in [6.45, 7) is 3.18. The van der Waals surface area contributed by atoms with Crippen LogP contribution in [0.25, 0.3) is 0 Å². The third-order valence-corrected chi connectivity index (χ3v) is 3.74. The van der Waals surface area contributed by atoms with Gasteiger partial charge in [-0.2, -0.15) is 5.10 Å². The largest absolute Gasteiger partial charge is 0.481 e. The predicted octanol–water partition coefficient (Wildman–Crippen LogP) is 0.746. The molecule has 1 heterocycles. The number of carbonyl (C=O) groups excluding carboxylic acids is 1. The van der Waals surface area contributed by atoms with Crippen LogP contribution in [0.15, 0.2) is 12.4 Å². The lowest BCUT2D eigenvalue weighted by Crippen LogP contribution is -2.50. The number of urea groups is 1. The van der Waals surface area contributed by atoms with Gasteiger partial charge in [0, 0.05) is 19.3 Å².